The van der Waals surface area contributed by atoms with Gasteiger partial charge < -0.3 is 0 Å². The van der Waals surface area contributed by atoms with E-state index in [-0.39, 0.29) is 0 Å². The van der Waals surface area contributed by atoms with E-state index in [1.807, 2.05) is 18.2 Å². The molecule has 0 amide bonds. The number of aryl methyl sites for hydroxylation is 1. The molecular formula is C11H16I2. The predicted octanol–water partition coefficient (Wildman–Crippen LogP) is 4.98. The van der Waals surface area contributed by atoms with E-state index >= 15 is 0 Å². The lowest BCUT2D eigenvalue weighted by Crippen LogP contribution is -1.78. The average molecular weight is 402 g/mol. The third-order valence-corrected chi connectivity index (χ3v) is 2.69. The minimum atomic E-state index is 0.838. The molecule has 0 aliphatic rings. The highest BCUT2D eigenvalue weighted by Gasteiger charge is 1.90. The number of alkyl halides is 2. The second kappa shape index (κ2) is 9.24. The molecule has 74 valence electrons. The van der Waals surface area contributed by atoms with Crippen molar-refractivity contribution in [2.24, 2.45) is 0 Å². The van der Waals surface area contributed by atoms with Crippen LogP contribution in [0.25, 0.3) is 0 Å². The Kier molecular flexibility index (Phi) is 9.73. The summed E-state index contributed by atoms with van der Waals surface area (Å²) in [4.78, 5) is 0. The van der Waals surface area contributed by atoms with Crippen LogP contribution in [0.2, 0.25) is 0 Å². The van der Waals surface area contributed by atoms with E-state index < -0.39 is 0 Å². The molecule has 0 heterocycles. The number of hydrogen-bond donors (Lipinski definition) is 0. The molecular weight excluding hydrogens is 386 g/mol. The molecule has 0 aromatic heterocycles. The molecule has 0 aliphatic carbocycles. The first-order valence-electron chi connectivity index (χ1n) is 4.46. The zero-order chi connectivity index (χ0) is 10.1. The molecule has 1 rings (SSSR count). The van der Waals surface area contributed by atoms with Gasteiger partial charge in [0.1, 0.15) is 0 Å². The fraction of sp³-hybridized carbons (Fsp3) is 0.455. The van der Waals surface area contributed by atoms with Crippen LogP contribution in [-0.4, -0.2) is 1.93 Å². The molecule has 0 N–H and O–H groups in total. The van der Waals surface area contributed by atoms with E-state index in [2.05, 4.69) is 71.2 Å². The van der Waals surface area contributed by atoms with E-state index in [1.54, 1.807) is 0 Å². The Morgan fingerprint density at radius 3 is 1.85 bits per heavy atom. The standard InChI is InChI=1S/C7H8.C4H8I2/c1-7-5-3-2-4-6-7;1-2-3-4(5)6/h2-6H,1H3;4H,2-3H2,1H3. The van der Waals surface area contributed by atoms with Gasteiger partial charge in [-0.05, 0) is 13.3 Å². The van der Waals surface area contributed by atoms with Crippen molar-refractivity contribution < 1.29 is 0 Å². The van der Waals surface area contributed by atoms with Crippen LogP contribution >= 0.6 is 45.2 Å². The summed E-state index contributed by atoms with van der Waals surface area (Å²) in [5, 5.41) is 0. The van der Waals surface area contributed by atoms with Gasteiger partial charge in [0, 0.05) is 0 Å². The first-order valence-corrected chi connectivity index (χ1v) is 6.95. The molecule has 0 bridgehead atoms. The number of benzene rings is 1. The van der Waals surface area contributed by atoms with Gasteiger partial charge in [-0.1, -0.05) is 94.4 Å². The van der Waals surface area contributed by atoms with Crippen LogP contribution < -0.4 is 0 Å². The summed E-state index contributed by atoms with van der Waals surface area (Å²) in [5.41, 5.74) is 1.32. The molecule has 2 heteroatoms. The van der Waals surface area contributed by atoms with Crippen molar-refractivity contribution in [3.05, 3.63) is 35.9 Å². The van der Waals surface area contributed by atoms with E-state index in [1.165, 1.54) is 18.4 Å². The van der Waals surface area contributed by atoms with Crippen molar-refractivity contribution in [3.8, 4) is 0 Å². The second-order valence-electron chi connectivity index (χ2n) is 2.83. The summed E-state index contributed by atoms with van der Waals surface area (Å²) in [6.07, 6.45) is 2.66. The number of hydrogen-bond acceptors (Lipinski definition) is 0. The number of rotatable bonds is 2. The van der Waals surface area contributed by atoms with Gasteiger partial charge in [0.15, 0.2) is 0 Å². The summed E-state index contributed by atoms with van der Waals surface area (Å²) >= 11 is 4.86. The van der Waals surface area contributed by atoms with Gasteiger partial charge in [-0.15, -0.1) is 0 Å². The third-order valence-electron chi connectivity index (χ3n) is 1.45. The molecule has 0 spiro atoms. The van der Waals surface area contributed by atoms with Crippen molar-refractivity contribution in [1.29, 1.82) is 0 Å². The molecule has 0 unspecified atom stereocenters. The summed E-state index contributed by atoms with van der Waals surface area (Å²) in [7, 11) is 0. The van der Waals surface area contributed by atoms with Gasteiger partial charge in [0.2, 0.25) is 0 Å². The Hall–Kier alpha value is 0.680. The summed E-state index contributed by atoms with van der Waals surface area (Å²) in [6, 6.07) is 10.3. The molecule has 1 aromatic carbocycles. The molecule has 1 aromatic rings. The minimum absolute atomic E-state index is 0.838. The monoisotopic (exact) mass is 402 g/mol. The highest BCUT2D eigenvalue weighted by molar-refractivity contribution is 14.2. The van der Waals surface area contributed by atoms with Crippen molar-refractivity contribution in [1.82, 2.24) is 0 Å². The van der Waals surface area contributed by atoms with Crippen molar-refractivity contribution >= 4 is 45.2 Å². The maximum absolute atomic E-state index is 2.43. The van der Waals surface area contributed by atoms with Gasteiger partial charge in [-0.3, -0.25) is 0 Å². The van der Waals surface area contributed by atoms with Crippen LogP contribution in [0.3, 0.4) is 0 Å². The molecule has 0 radical (unpaired) electrons. The number of halogens is 2. The lowest BCUT2D eigenvalue weighted by molar-refractivity contribution is 0.896. The van der Waals surface area contributed by atoms with Crippen molar-refractivity contribution in [3.63, 3.8) is 0 Å². The van der Waals surface area contributed by atoms with Crippen molar-refractivity contribution in [2.75, 3.05) is 0 Å². The van der Waals surface area contributed by atoms with E-state index in [0.29, 0.717) is 0 Å². The van der Waals surface area contributed by atoms with Crippen molar-refractivity contribution in [2.45, 2.75) is 28.6 Å². The maximum Gasteiger partial charge on any atom is 0.0626 e. The van der Waals surface area contributed by atoms with Gasteiger partial charge in [0.05, 0.1) is 1.93 Å². The van der Waals surface area contributed by atoms with Gasteiger partial charge >= 0.3 is 0 Å². The normalized spacial score (nSPS) is 9.31. The average Bonchev–Trinajstić information content (AvgIpc) is 2.06. The largest absolute Gasteiger partial charge is 0.0710 e. The molecule has 0 saturated carbocycles. The van der Waals surface area contributed by atoms with Gasteiger partial charge in [-0.2, -0.15) is 0 Å². The predicted molar refractivity (Wildman–Crippen MR) is 77.9 cm³/mol. The quantitative estimate of drug-likeness (QED) is 0.484. The van der Waals surface area contributed by atoms with Crippen LogP contribution in [0.1, 0.15) is 25.3 Å². The highest BCUT2D eigenvalue weighted by Crippen LogP contribution is 2.14. The summed E-state index contributed by atoms with van der Waals surface area (Å²) in [5.74, 6) is 0. The zero-order valence-electron chi connectivity index (χ0n) is 8.13. The first kappa shape index (κ1) is 13.7. The third kappa shape index (κ3) is 10.6. The van der Waals surface area contributed by atoms with Crippen LogP contribution in [0.5, 0.6) is 0 Å². The molecule has 0 fully saturated rings. The Morgan fingerprint density at radius 2 is 1.69 bits per heavy atom. The fourth-order valence-corrected chi connectivity index (χ4v) is 2.00. The maximum atomic E-state index is 2.43. The van der Waals surface area contributed by atoms with Crippen LogP contribution in [0, 0.1) is 6.92 Å². The Morgan fingerprint density at radius 1 is 1.15 bits per heavy atom. The molecule has 0 saturated heterocycles. The molecule has 0 aliphatic heterocycles. The van der Waals surface area contributed by atoms with Crippen LogP contribution in [0.4, 0.5) is 0 Å². The Bertz CT molecular complexity index is 195. The highest BCUT2D eigenvalue weighted by atomic mass is 127. The van der Waals surface area contributed by atoms with Gasteiger partial charge in [-0.25, -0.2) is 0 Å². The second-order valence-corrected chi connectivity index (χ2v) is 8.23. The Labute approximate surface area is 109 Å². The summed E-state index contributed by atoms with van der Waals surface area (Å²) < 4.78 is 0.838. The lowest BCUT2D eigenvalue weighted by atomic mass is 10.2. The molecule has 13 heavy (non-hydrogen) atoms. The lowest BCUT2D eigenvalue weighted by Gasteiger charge is -1.91. The smallest absolute Gasteiger partial charge is 0.0626 e. The summed E-state index contributed by atoms with van der Waals surface area (Å²) in [6.45, 7) is 4.30. The minimum Gasteiger partial charge on any atom is -0.0710 e. The van der Waals surface area contributed by atoms with Gasteiger partial charge in [0.25, 0.3) is 0 Å². The van der Waals surface area contributed by atoms with Crippen LogP contribution in [-0.2, 0) is 0 Å². The van der Waals surface area contributed by atoms with Crippen LogP contribution in [0.15, 0.2) is 30.3 Å². The SMILES string of the molecule is CCCC(I)I.Cc1ccccc1. The molecule has 0 atom stereocenters. The topological polar surface area (TPSA) is 0 Å². The van der Waals surface area contributed by atoms with E-state index in [9.17, 15) is 0 Å². The van der Waals surface area contributed by atoms with E-state index in [0.717, 1.165) is 1.93 Å². The molecule has 0 nitrogen and oxygen atoms in total. The first-order chi connectivity index (χ1) is 6.16. The fourth-order valence-electron chi connectivity index (χ4n) is 0.753. The zero-order valence-corrected chi connectivity index (χ0v) is 12.4. The Balaban J connectivity index is 0.000000226. The van der Waals surface area contributed by atoms with E-state index in [4.69, 9.17) is 0 Å².